The maximum Gasteiger partial charge on any atom is 0.230 e. The van der Waals surface area contributed by atoms with Crippen LogP contribution in [0.2, 0.25) is 0 Å². The van der Waals surface area contributed by atoms with Crippen molar-refractivity contribution in [1.82, 2.24) is 9.78 Å². The van der Waals surface area contributed by atoms with E-state index in [1.54, 1.807) is 4.68 Å². The van der Waals surface area contributed by atoms with Crippen LogP contribution in [0.5, 0.6) is 0 Å². The molecule has 0 radical (unpaired) electrons. The van der Waals surface area contributed by atoms with Gasteiger partial charge in [-0.3, -0.25) is 14.8 Å². The van der Waals surface area contributed by atoms with Crippen LogP contribution in [0.3, 0.4) is 0 Å². The van der Waals surface area contributed by atoms with Gasteiger partial charge in [-0.05, 0) is 37.6 Å². The summed E-state index contributed by atoms with van der Waals surface area (Å²) in [6, 6.07) is 9.08. The summed E-state index contributed by atoms with van der Waals surface area (Å²) in [6.45, 7) is 3.61. The van der Waals surface area contributed by atoms with Gasteiger partial charge in [-0.15, -0.1) is 0 Å². The SMILES string of the molecule is Cc1cc(C)n(C(C[N+](=O)[O-])c2ccc(Br)cc2)n1. The molecule has 0 aliphatic carbocycles. The molecule has 1 aromatic carbocycles. The molecule has 100 valence electrons. The third-order valence-electron chi connectivity index (χ3n) is 2.92. The van der Waals surface area contributed by atoms with Crippen molar-refractivity contribution in [3.63, 3.8) is 0 Å². The van der Waals surface area contributed by atoms with Gasteiger partial charge in [-0.25, -0.2) is 0 Å². The predicted molar refractivity (Wildman–Crippen MR) is 75.8 cm³/mol. The maximum absolute atomic E-state index is 10.9. The molecule has 0 fully saturated rings. The summed E-state index contributed by atoms with van der Waals surface area (Å²) in [5.41, 5.74) is 2.67. The van der Waals surface area contributed by atoms with Gasteiger partial charge in [0.05, 0.1) is 5.69 Å². The third kappa shape index (κ3) is 3.20. The van der Waals surface area contributed by atoms with Crippen LogP contribution in [-0.4, -0.2) is 21.2 Å². The van der Waals surface area contributed by atoms with Crippen molar-refractivity contribution in [2.24, 2.45) is 0 Å². The zero-order chi connectivity index (χ0) is 14.0. The second-order valence-electron chi connectivity index (χ2n) is 4.45. The molecule has 0 aliphatic heterocycles. The molecule has 0 amide bonds. The quantitative estimate of drug-likeness (QED) is 0.641. The molecule has 0 N–H and O–H groups in total. The van der Waals surface area contributed by atoms with E-state index in [-0.39, 0.29) is 17.5 Å². The predicted octanol–water partition coefficient (Wildman–Crippen LogP) is 3.13. The van der Waals surface area contributed by atoms with Crippen LogP contribution in [0.1, 0.15) is 23.0 Å². The Morgan fingerprint density at radius 2 is 2.00 bits per heavy atom. The maximum atomic E-state index is 10.9. The highest BCUT2D eigenvalue weighted by Crippen LogP contribution is 2.22. The third-order valence-corrected chi connectivity index (χ3v) is 3.45. The Morgan fingerprint density at radius 1 is 1.37 bits per heavy atom. The molecule has 19 heavy (non-hydrogen) atoms. The highest BCUT2D eigenvalue weighted by Gasteiger charge is 2.22. The molecule has 0 saturated heterocycles. The van der Waals surface area contributed by atoms with E-state index >= 15 is 0 Å². The van der Waals surface area contributed by atoms with Crippen LogP contribution in [0.15, 0.2) is 34.8 Å². The summed E-state index contributed by atoms with van der Waals surface area (Å²) in [5.74, 6) is 0. The lowest BCUT2D eigenvalue weighted by Gasteiger charge is -2.16. The van der Waals surface area contributed by atoms with Crippen LogP contribution in [0.4, 0.5) is 0 Å². The van der Waals surface area contributed by atoms with Gasteiger partial charge in [0.1, 0.15) is 6.04 Å². The fourth-order valence-electron chi connectivity index (χ4n) is 2.11. The summed E-state index contributed by atoms with van der Waals surface area (Å²) >= 11 is 3.36. The number of hydrogen-bond acceptors (Lipinski definition) is 3. The van der Waals surface area contributed by atoms with E-state index in [1.165, 1.54) is 0 Å². The Hall–Kier alpha value is -1.69. The van der Waals surface area contributed by atoms with Gasteiger partial charge < -0.3 is 0 Å². The second-order valence-corrected chi connectivity index (χ2v) is 5.37. The number of nitrogens with zero attached hydrogens (tertiary/aromatic N) is 3. The van der Waals surface area contributed by atoms with E-state index < -0.39 is 0 Å². The van der Waals surface area contributed by atoms with E-state index in [1.807, 2.05) is 44.2 Å². The zero-order valence-electron chi connectivity index (χ0n) is 10.7. The van der Waals surface area contributed by atoms with Crippen LogP contribution >= 0.6 is 15.9 Å². The number of benzene rings is 1. The Labute approximate surface area is 119 Å². The molecular weight excluding hydrogens is 310 g/mol. The minimum absolute atomic E-state index is 0.177. The molecule has 1 aromatic heterocycles. The Morgan fingerprint density at radius 3 is 2.47 bits per heavy atom. The van der Waals surface area contributed by atoms with Crippen molar-refractivity contribution in [1.29, 1.82) is 0 Å². The van der Waals surface area contributed by atoms with Gasteiger partial charge >= 0.3 is 0 Å². The Balaban J connectivity index is 2.43. The first-order valence-electron chi connectivity index (χ1n) is 5.87. The monoisotopic (exact) mass is 323 g/mol. The number of halogens is 1. The lowest BCUT2D eigenvalue weighted by molar-refractivity contribution is -0.484. The highest BCUT2D eigenvalue weighted by atomic mass is 79.9. The van der Waals surface area contributed by atoms with E-state index in [9.17, 15) is 10.1 Å². The first-order valence-corrected chi connectivity index (χ1v) is 6.66. The normalized spacial score (nSPS) is 12.4. The van der Waals surface area contributed by atoms with Gasteiger partial charge in [0.15, 0.2) is 0 Å². The lowest BCUT2D eigenvalue weighted by atomic mass is 10.1. The molecule has 2 rings (SSSR count). The summed E-state index contributed by atoms with van der Waals surface area (Å²) < 4.78 is 2.67. The van der Waals surface area contributed by atoms with Crippen molar-refractivity contribution >= 4 is 15.9 Å². The fraction of sp³-hybridized carbons (Fsp3) is 0.308. The molecule has 0 aliphatic rings. The fourth-order valence-corrected chi connectivity index (χ4v) is 2.38. The number of rotatable bonds is 4. The molecule has 1 unspecified atom stereocenters. The van der Waals surface area contributed by atoms with Gasteiger partial charge in [0, 0.05) is 15.1 Å². The summed E-state index contributed by atoms with van der Waals surface area (Å²) in [6.07, 6.45) is 0. The van der Waals surface area contributed by atoms with Crippen molar-refractivity contribution in [3.8, 4) is 0 Å². The Bertz CT molecular complexity index is 592. The summed E-state index contributed by atoms with van der Waals surface area (Å²) in [7, 11) is 0. The topological polar surface area (TPSA) is 61.0 Å². The standard InChI is InChI=1S/C13H14BrN3O2/c1-9-7-10(2)17(15-9)13(8-16(18)19)11-3-5-12(14)6-4-11/h3-7,13H,8H2,1-2H3. The Kier molecular flexibility index (Phi) is 3.99. The summed E-state index contributed by atoms with van der Waals surface area (Å²) in [4.78, 5) is 10.6. The number of nitro groups is 1. The molecule has 1 heterocycles. The molecule has 5 nitrogen and oxygen atoms in total. The van der Waals surface area contributed by atoms with Crippen LogP contribution in [-0.2, 0) is 0 Å². The van der Waals surface area contributed by atoms with Crippen LogP contribution in [0, 0.1) is 24.0 Å². The molecular formula is C13H14BrN3O2. The largest absolute Gasteiger partial charge is 0.264 e. The molecule has 6 heteroatoms. The summed E-state index contributed by atoms with van der Waals surface area (Å²) in [5, 5.41) is 15.3. The lowest BCUT2D eigenvalue weighted by Crippen LogP contribution is -2.22. The van der Waals surface area contributed by atoms with E-state index in [2.05, 4.69) is 21.0 Å². The second kappa shape index (κ2) is 5.52. The van der Waals surface area contributed by atoms with Crippen LogP contribution < -0.4 is 0 Å². The first kappa shape index (κ1) is 13.7. The minimum atomic E-state index is -0.378. The number of hydrogen-bond donors (Lipinski definition) is 0. The molecule has 0 saturated carbocycles. The molecule has 2 aromatic rings. The minimum Gasteiger partial charge on any atom is -0.264 e. The van der Waals surface area contributed by atoms with E-state index in [4.69, 9.17) is 0 Å². The van der Waals surface area contributed by atoms with E-state index in [0.29, 0.717) is 0 Å². The highest BCUT2D eigenvalue weighted by molar-refractivity contribution is 9.10. The first-order chi connectivity index (χ1) is 8.97. The van der Waals surface area contributed by atoms with Crippen molar-refractivity contribution < 1.29 is 4.92 Å². The molecule has 0 bridgehead atoms. The van der Waals surface area contributed by atoms with Gasteiger partial charge in [0.25, 0.3) is 0 Å². The van der Waals surface area contributed by atoms with Gasteiger partial charge in [-0.2, -0.15) is 5.10 Å². The van der Waals surface area contributed by atoms with Gasteiger partial charge in [0.2, 0.25) is 6.54 Å². The average molecular weight is 324 g/mol. The van der Waals surface area contributed by atoms with Gasteiger partial charge in [-0.1, -0.05) is 28.1 Å². The van der Waals surface area contributed by atoms with E-state index in [0.717, 1.165) is 21.4 Å². The number of aromatic nitrogens is 2. The molecule has 1 atom stereocenters. The van der Waals surface area contributed by atoms with Crippen molar-refractivity contribution in [2.75, 3.05) is 6.54 Å². The zero-order valence-corrected chi connectivity index (χ0v) is 12.3. The van der Waals surface area contributed by atoms with Crippen LogP contribution in [0.25, 0.3) is 0 Å². The average Bonchev–Trinajstić information content (AvgIpc) is 2.66. The van der Waals surface area contributed by atoms with Crippen molar-refractivity contribution in [2.45, 2.75) is 19.9 Å². The smallest absolute Gasteiger partial charge is 0.230 e. The number of aryl methyl sites for hydroxylation is 2. The van der Waals surface area contributed by atoms with Crippen molar-refractivity contribution in [3.05, 3.63) is 61.9 Å². The molecule has 0 spiro atoms.